The van der Waals surface area contributed by atoms with Gasteiger partial charge in [0.15, 0.2) is 0 Å². The quantitative estimate of drug-likeness (QED) is 0.565. The van der Waals surface area contributed by atoms with E-state index in [-0.39, 0.29) is 30.7 Å². The van der Waals surface area contributed by atoms with E-state index in [4.69, 9.17) is 10.1 Å². The first-order chi connectivity index (χ1) is 11.3. The van der Waals surface area contributed by atoms with Crippen molar-refractivity contribution in [2.24, 2.45) is 23.7 Å². The topological polar surface area (TPSA) is 45.1 Å². The predicted molar refractivity (Wildman–Crippen MR) is 107 cm³/mol. The van der Waals surface area contributed by atoms with Crippen LogP contribution in [0.1, 0.15) is 50.2 Å². The number of nitrogens with one attached hydrogen (secondary N) is 2. The third-order valence-electron chi connectivity index (χ3n) is 6.47. The molecule has 4 rings (SSSR count). The van der Waals surface area contributed by atoms with Gasteiger partial charge in [-0.25, -0.2) is 0 Å². The third-order valence-corrected chi connectivity index (χ3v) is 6.47. The van der Waals surface area contributed by atoms with Crippen molar-refractivity contribution < 1.29 is 4.74 Å². The number of fused-ring (bicyclic) bond motifs is 5. The lowest BCUT2D eigenvalue weighted by atomic mass is 9.79. The molecule has 0 amide bonds. The lowest BCUT2D eigenvalue weighted by Gasteiger charge is -2.32. The molecule has 2 N–H and O–H groups in total. The van der Waals surface area contributed by atoms with Crippen molar-refractivity contribution in [3.05, 3.63) is 35.4 Å². The second kappa shape index (κ2) is 8.75. The fourth-order valence-electron chi connectivity index (χ4n) is 5.60. The van der Waals surface area contributed by atoms with Crippen molar-refractivity contribution in [1.29, 1.82) is 5.41 Å². The van der Waals surface area contributed by atoms with Crippen LogP contribution in [0.5, 0.6) is 0 Å². The van der Waals surface area contributed by atoms with Crippen molar-refractivity contribution in [3.63, 3.8) is 0 Å². The normalized spacial score (nSPS) is 31.8. The molecule has 3 fully saturated rings. The molecule has 2 bridgehead atoms. The Morgan fingerprint density at radius 2 is 1.96 bits per heavy atom. The van der Waals surface area contributed by atoms with Crippen LogP contribution in [0.25, 0.3) is 0 Å². The molecule has 0 heterocycles. The number of hydrogen-bond donors (Lipinski definition) is 2. The van der Waals surface area contributed by atoms with Crippen LogP contribution in [0.2, 0.25) is 0 Å². The zero-order valence-corrected chi connectivity index (χ0v) is 16.5. The largest absolute Gasteiger partial charge is 0.478 e. The van der Waals surface area contributed by atoms with E-state index in [9.17, 15) is 0 Å². The molecule has 3 saturated carbocycles. The van der Waals surface area contributed by atoms with Crippen molar-refractivity contribution in [3.8, 4) is 0 Å². The second-order valence-electron chi connectivity index (χ2n) is 7.60. The van der Waals surface area contributed by atoms with Gasteiger partial charge in [-0.3, -0.25) is 5.41 Å². The molecule has 3 nitrogen and oxygen atoms in total. The van der Waals surface area contributed by atoms with Crippen LogP contribution in [0.3, 0.4) is 0 Å². The average molecular weight is 385 g/mol. The molecular weight excluding hydrogens is 355 g/mol. The van der Waals surface area contributed by atoms with Gasteiger partial charge in [-0.2, -0.15) is 0 Å². The molecule has 0 radical (unpaired) electrons. The Morgan fingerprint density at radius 1 is 1.16 bits per heavy atom. The molecule has 5 unspecified atom stereocenters. The minimum Gasteiger partial charge on any atom is -0.478 e. The van der Waals surface area contributed by atoms with E-state index in [1.165, 1.54) is 37.7 Å². The van der Waals surface area contributed by atoms with Gasteiger partial charge in [-0.15, -0.1) is 24.8 Å². The zero-order chi connectivity index (χ0) is 15.8. The number of hydrogen-bond acceptors (Lipinski definition) is 3. The molecule has 5 atom stereocenters. The Hall–Kier alpha value is -0.770. The van der Waals surface area contributed by atoms with Crippen LogP contribution < -0.4 is 5.32 Å². The van der Waals surface area contributed by atoms with Gasteiger partial charge >= 0.3 is 0 Å². The van der Waals surface area contributed by atoms with Crippen molar-refractivity contribution in [2.75, 3.05) is 6.61 Å². The van der Waals surface area contributed by atoms with Gasteiger partial charge in [-0.1, -0.05) is 18.6 Å². The summed E-state index contributed by atoms with van der Waals surface area (Å²) in [5.74, 6) is 4.29. The van der Waals surface area contributed by atoms with Gasteiger partial charge in [0.05, 0.1) is 6.61 Å². The Morgan fingerprint density at radius 3 is 2.76 bits per heavy atom. The SMILES string of the molecule is CCOC(=N)c1cccc(CNC2CC3CC2C2CCCC32)c1.Cl.Cl. The summed E-state index contributed by atoms with van der Waals surface area (Å²) in [6.45, 7) is 3.39. The van der Waals surface area contributed by atoms with Crippen LogP contribution >= 0.6 is 24.8 Å². The molecule has 1 aromatic rings. The maximum atomic E-state index is 7.93. The van der Waals surface area contributed by atoms with Crippen LogP contribution in [0.15, 0.2) is 24.3 Å². The molecule has 0 saturated heterocycles. The summed E-state index contributed by atoms with van der Waals surface area (Å²) in [6, 6.07) is 8.96. The maximum absolute atomic E-state index is 7.93. The number of rotatable bonds is 5. The van der Waals surface area contributed by atoms with Crippen molar-refractivity contribution >= 4 is 30.7 Å². The van der Waals surface area contributed by atoms with E-state index in [0.29, 0.717) is 12.6 Å². The van der Waals surface area contributed by atoms with E-state index in [2.05, 4.69) is 17.4 Å². The minimum atomic E-state index is 0. The first-order valence-corrected chi connectivity index (χ1v) is 9.30. The molecule has 25 heavy (non-hydrogen) atoms. The van der Waals surface area contributed by atoms with Crippen LogP contribution in [0.4, 0.5) is 0 Å². The van der Waals surface area contributed by atoms with E-state index in [0.717, 1.165) is 35.8 Å². The molecule has 3 aliphatic carbocycles. The van der Waals surface area contributed by atoms with Crippen LogP contribution in [0, 0.1) is 29.1 Å². The fraction of sp³-hybridized carbons (Fsp3) is 0.650. The van der Waals surface area contributed by atoms with Gasteiger partial charge in [0, 0.05) is 18.2 Å². The maximum Gasteiger partial charge on any atom is 0.213 e. The molecule has 1 aromatic carbocycles. The summed E-state index contributed by atoms with van der Waals surface area (Å²) < 4.78 is 5.31. The Bertz CT molecular complexity index is 595. The van der Waals surface area contributed by atoms with Crippen LogP contribution in [-0.4, -0.2) is 18.5 Å². The Kier molecular flexibility index (Phi) is 7.19. The Balaban J connectivity index is 0.00000113. The average Bonchev–Trinajstić information content (AvgIpc) is 3.26. The summed E-state index contributed by atoms with van der Waals surface area (Å²) >= 11 is 0. The van der Waals surface area contributed by atoms with E-state index in [1.807, 2.05) is 19.1 Å². The van der Waals surface area contributed by atoms with Crippen molar-refractivity contribution in [2.45, 2.75) is 51.6 Å². The molecule has 3 aliphatic rings. The van der Waals surface area contributed by atoms with E-state index < -0.39 is 0 Å². The van der Waals surface area contributed by atoms with E-state index >= 15 is 0 Å². The van der Waals surface area contributed by atoms with Gasteiger partial charge in [0.2, 0.25) is 5.90 Å². The standard InChI is InChI=1S/C20H28N2O.2ClH/c1-2-23-20(21)14-6-3-5-13(9-14)12-22-19-11-15-10-18(19)17-8-4-7-16(15)17;;/h3,5-6,9,15-19,21-22H,2,4,7-8,10-12H2,1H3;2*1H. The molecule has 0 aromatic heterocycles. The number of ether oxygens (including phenoxy) is 1. The third kappa shape index (κ3) is 3.99. The predicted octanol–water partition coefficient (Wildman–Crippen LogP) is 4.81. The smallest absolute Gasteiger partial charge is 0.213 e. The molecule has 5 heteroatoms. The van der Waals surface area contributed by atoms with Gasteiger partial charge in [-0.05, 0) is 74.0 Å². The van der Waals surface area contributed by atoms with Crippen LogP contribution in [-0.2, 0) is 11.3 Å². The summed E-state index contributed by atoms with van der Waals surface area (Å²) in [5, 5.41) is 11.8. The van der Waals surface area contributed by atoms with Crippen molar-refractivity contribution in [1.82, 2.24) is 5.32 Å². The lowest BCUT2D eigenvalue weighted by Crippen LogP contribution is -2.38. The fourth-order valence-corrected chi connectivity index (χ4v) is 5.60. The highest BCUT2D eigenvalue weighted by Gasteiger charge is 2.53. The Labute approximate surface area is 163 Å². The highest BCUT2D eigenvalue weighted by Crippen LogP contribution is 2.58. The monoisotopic (exact) mass is 384 g/mol. The summed E-state index contributed by atoms with van der Waals surface area (Å²) in [6.07, 6.45) is 7.31. The van der Waals surface area contributed by atoms with Gasteiger partial charge < -0.3 is 10.1 Å². The van der Waals surface area contributed by atoms with E-state index in [1.54, 1.807) is 0 Å². The summed E-state index contributed by atoms with van der Waals surface area (Å²) in [4.78, 5) is 0. The van der Waals surface area contributed by atoms with Gasteiger partial charge in [0.25, 0.3) is 0 Å². The molecular formula is C20H30Cl2N2O. The number of halogens is 2. The highest BCUT2D eigenvalue weighted by atomic mass is 35.5. The molecule has 0 aliphatic heterocycles. The lowest BCUT2D eigenvalue weighted by molar-refractivity contribution is 0.208. The first-order valence-electron chi connectivity index (χ1n) is 9.30. The molecule has 140 valence electrons. The minimum absolute atomic E-state index is 0. The highest BCUT2D eigenvalue weighted by molar-refractivity contribution is 5.91. The first kappa shape index (κ1) is 20.5. The summed E-state index contributed by atoms with van der Waals surface area (Å²) in [5.41, 5.74) is 2.15. The zero-order valence-electron chi connectivity index (χ0n) is 14.9. The summed E-state index contributed by atoms with van der Waals surface area (Å²) in [7, 11) is 0. The second-order valence-corrected chi connectivity index (χ2v) is 7.60. The van der Waals surface area contributed by atoms with Gasteiger partial charge in [0.1, 0.15) is 0 Å². The molecule has 0 spiro atoms. The number of benzene rings is 1.